The van der Waals surface area contributed by atoms with E-state index in [4.69, 9.17) is 9.47 Å². The number of pyridine rings is 1. The molecule has 2 amide bonds. The number of hydrogen-bond acceptors (Lipinski definition) is 8. The molecule has 2 rings (SSSR count). The summed E-state index contributed by atoms with van der Waals surface area (Å²) >= 11 is 0. The Morgan fingerprint density at radius 2 is 1.79 bits per heavy atom. The Bertz CT molecular complexity index is 892. The van der Waals surface area contributed by atoms with Gasteiger partial charge < -0.3 is 19.7 Å². The fourth-order valence-corrected chi connectivity index (χ4v) is 3.56. The van der Waals surface area contributed by atoms with Gasteiger partial charge in [-0.25, -0.2) is 14.6 Å². The highest BCUT2D eigenvalue weighted by molar-refractivity contribution is 5.87. The fraction of sp³-hybridized carbons (Fsp3) is 0.682. The van der Waals surface area contributed by atoms with Gasteiger partial charge in [0.15, 0.2) is 0 Å². The van der Waals surface area contributed by atoms with Crippen molar-refractivity contribution in [1.29, 1.82) is 0 Å². The van der Waals surface area contributed by atoms with Crippen LogP contribution in [0.2, 0.25) is 0 Å². The maximum atomic E-state index is 12.5. The Morgan fingerprint density at radius 3 is 2.33 bits per heavy atom. The van der Waals surface area contributed by atoms with E-state index in [2.05, 4.69) is 10.3 Å². The molecule has 1 aromatic rings. The van der Waals surface area contributed by atoms with E-state index in [0.717, 1.165) is 6.20 Å². The summed E-state index contributed by atoms with van der Waals surface area (Å²) in [6.45, 7) is 13.5. The minimum atomic E-state index is -0.697. The van der Waals surface area contributed by atoms with Crippen molar-refractivity contribution in [3.8, 4) is 0 Å². The average molecular weight is 466 g/mol. The normalized spacial score (nSPS) is 19.0. The summed E-state index contributed by atoms with van der Waals surface area (Å²) in [7, 11) is 1.50. The smallest absolute Gasteiger partial charge is 0.415 e. The number of nitro groups is 1. The van der Waals surface area contributed by atoms with Gasteiger partial charge in [-0.1, -0.05) is 6.92 Å². The first-order valence-corrected chi connectivity index (χ1v) is 10.9. The lowest BCUT2D eigenvalue weighted by atomic mass is 9.95. The van der Waals surface area contributed by atoms with E-state index in [0.29, 0.717) is 25.2 Å². The monoisotopic (exact) mass is 465 g/mol. The first kappa shape index (κ1) is 26.1. The number of rotatable bonds is 4. The van der Waals surface area contributed by atoms with Gasteiger partial charge in [-0.05, 0) is 53.9 Å². The maximum absolute atomic E-state index is 12.5. The number of hydrogen-bond donors (Lipinski definition) is 1. The van der Waals surface area contributed by atoms with Gasteiger partial charge in [0.25, 0.3) is 0 Å². The molecule has 2 heterocycles. The van der Waals surface area contributed by atoms with Crippen molar-refractivity contribution >= 4 is 29.4 Å². The third-order valence-electron chi connectivity index (χ3n) is 4.78. The third-order valence-corrected chi connectivity index (χ3v) is 4.78. The van der Waals surface area contributed by atoms with Gasteiger partial charge in [-0.15, -0.1) is 0 Å². The van der Waals surface area contributed by atoms with Crippen LogP contribution in [0, 0.1) is 16.0 Å². The lowest BCUT2D eigenvalue weighted by molar-refractivity contribution is -0.384. The molecule has 0 aliphatic carbocycles. The molecule has 0 unspecified atom stereocenters. The predicted molar refractivity (Wildman–Crippen MR) is 125 cm³/mol. The van der Waals surface area contributed by atoms with Gasteiger partial charge in [0.2, 0.25) is 0 Å². The van der Waals surface area contributed by atoms with E-state index in [1.807, 2.05) is 11.8 Å². The van der Waals surface area contributed by atoms with E-state index >= 15 is 0 Å². The van der Waals surface area contributed by atoms with E-state index in [9.17, 15) is 19.7 Å². The van der Waals surface area contributed by atoms with Gasteiger partial charge in [0.1, 0.15) is 28.9 Å². The molecule has 11 heteroatoms. The van der Waals surface area contributed by atoms with Crippen molar-refractivity contribution in [3.63, 3.8) is 0 Å². The second kappa shape index (κ2) is 9.80. The van der Waals surface area contributed by atoms with Gasteiger partial charge in [0.05, 0.1) is 4.92 Å². The van der Waals surface area contributed by atoms with Crippen LogP contribution in [0.5, 0.6) is 0 Å². The zero-order valence-electron chi connectivity index (χ0n) is 20.7. The summed E-state index contributed by atoms with van der Waals surface area (Å²) in [6.07, 6.45) is 0.697. The number of carbonyl (C=O) groups is 2. The predicted octanol–water partition coefficient (Wildman–Crippen LogP) is 4.10. The molecule has 184 valence electrons. The first-order chi connectivity index (χ1) is 15.1. The molecule has 0 aromatic carbocycles. The number of alkyl carbamates (subject to hydrolysis) is 1. The highest BCUT2D eigenvalue weighted by atomic mass is 16.6. The molecule has 33 heavy (non-hydrogen) atoms. The number of nitrogens with one attached hydrogen (secondary N) is 1. The summed E-state index contributed by atoms with van der Waals surface area (Å²) in [5, 5.41) is 14.6. The largest absolute Gasteiger partial charge is 0.444 e. The Hall–Kier alpha value is -3.11. The first-order valence-electron chi connectivity index (χ1n) is 10.9. The molecule has 11 nitrogen and oxygen atoms in total. The topological polar surface area (TPSA) is 127 Å². The van der Waals surface area contributed by atoms with Crippen molar-refractivity contribution in [1.82, 2.24) is 10.3 Å². The summed E-state index contributed by atoms with van der Waals surface area (Å²) in [5.41, 5.74) is -1.18. The number of aromatic nitrogens is 1. The summed E-state index contributed by atoms with van der Waals surface area (Å²) < 4.78 is 10.7. The second-order valence-corrected chi connectivity index (χ2v) is 10.4. The lowest BCUT2D eigenvalue weighted by Gasteiger charge is -2.38. The SMILES string of the molecule is C[C@@H]1C[C@H](NC(=O)OC(C)(C)C)CN(c2cc(N(C)C(=O)OC(C)(C)C)ncc2[N+](=O)[O-])C1. The molecule has 0 radical (unpaired) electrons. The number of piperidine rings is 1. The number of carbonyl (C=O) groups excluding carboxylic acids is 2. The van der Waals surface area contributed by atoms with Crippen molar-refractivity contribution in [2.75, 3.05) is 29.9 Å². The van der Waals surface area contributed by atoms with E-state index in [1.54, 1.807) is 41.5 Å². The van der Waals surface area contributed by atoms with Crippen LogP contribution in [0.15, 0.2) is 12.3 Å². The van der Waals surface area contributed by atoms with Crippen LogP contribution in [-0.2, 0) is 9.47 Å². The standard InChI is InChI=1S/C22H35N5O6/c1-14-9-15(24-19(28)32-21(2,3)4)13-26(12-14)16-10-18(23-11-17(16)27(30)31)25(8)20(29)33-22(5,6)7/h10-11,14-15H,9,12-13H2,1-8H3,(H,24,28)/t14-,15+/m1/s1. The molecule has 0 bridgehead atoms. The average Bonchev–Trinajstić information content (AvgIpc) is 2.63. The van der Waals surface area contributed by atoms with Crippen LogP contribution in [0.4, 0.5) is 26.8 Å². The van der Waals surface area contributed by atoms with Crippen LogP contribution in [0.1, 0.15) is 54.9 Å². The van der Waals surface area contributed by atoms with Crippen molar-refractivity contribution in [3.05, 3.63) is 22.4 Å². The van der Waals surface area contributed by atoms with Crippen LogP contribution in [-0.4, -0.2) is 59.5 Å². The molecule has 1 saturated heterocycles. The molecular weight excluding hydrogens is 430 g/mol. The van der Waals surface area contributed by atoms with Crippen molar-refractivity contribution in [2.24, 2.45) is 5.92 Å². The molecule has 1 fully saturated rings. The number of ether oxygens (including phenoxy) is 2. The molecular formula is C22H35N5O6. The fourth-order valence-electron chi connectivity index (χ4n) is 3.56. The van der Waals surface area contributed by atoms with Gasteiger partial charge in [-0.2, -0.15) is 0 Å². The Labute approximate surface area is 194 Å². The Balaban J connectivity index is 2.30. The van der Waals surface area contributed by atoms with Crippen molar-refractivity contribution in [2.45, 2.75) is 72.1 Å². The third kappa shape index (κ3) is 7.76. The minimum Gasteiger partial charge on any atom is -0.444 e. The van der Waals surface area contributed by atoms with Crippen molar-refractivity contribution < 1.29 is 24.0 Å². The molecule has 1 aliphatic heterocycles. The molecule has 1 aromatic heterocycles. The molecule has 1 N–H and O–H groups in total. The summed E-state index contributed by atoms with van der Waals surface area (Å²) in [5.74, 6) is 0.373. The van der Waals surface area contributed by atoms with Gasteiger partial charge >= 0.3 is 17.9 Å². The highest BCUT2D eigenvalue weighted by Gasteiger charge is 2.32. The Morgan fingerprint density at radius 1 is 1.18 bits per heavy atom. The minimum absolute atomic E-state index is 0.151. The van der Waals surface area contributed by atoms with Crippen LogP contribution >= 0.6 is 0 Å². The molecule has 2 atom stereocenters. The van der Waals surface area contributed by atoms with Crippen LogP contribution in [0.3, 0.4) is 0 Å². The lowest BCUT2D eigenvalue weighted by Crippen LogP contribution is -2.51. The van der Waals surface area contributed by atoms with E-state index in [1.165, 1.54) is 18.0 Å². The summed E-state index contributed by atoms with van der Waals surface area (Å²) in [6, 6.07) is 1.24. The number of anilines is 2. The molecule has 0 spiro atoms. The zero-order valence-corrected chi connectivity index (χ0v) is 20.7. The Kier molecular flexibility index (Phi) is 7.76. The maximum Gasteiger partial charge on any atom is 0.415 e. The summed E-state index contributed by atoms with van der Waals surface area (Å²) in [4.78, 5) is 43.1. The second-order valence-electron chi connectivity index (χ2n) is 10.4. The van der Waals surface area contributed by atoms with Gasteiger partial charge in [-0.3, -0.25) is 15.0 Å². The number of nitrogens with zero attached hydrogens (tertiary/aromatic N) is 4. The highest BCUT2D eigenvalue weighted by Crippen LogP contribution is 2.34. The van der Waals surface area contributed by atoms with E-state index in [-0.39, 0.29) is 23.5 Å². The quantitative estimate of drug-likeness (QED) is 0.520. The van der Waals surface area contributed by atoms with Gasteiger partial charge in [0, 0.05) is 32.2 Å². The molecule has 1 aliphatic rings. The van der Waals surface area contributed by atoms with E-state index < -0.39 is 28.3 Å². The van der Waals surface area contributed by atoms with Crippen LogP contribution < -0.4 is 15.1 Å². The number of amides is 2. The zero-order chi connectivity index (χ0) is 25.1. The van der Waals surface area contributed by atoms with Crippen LogP contribution in [0.25, 0.3) is 0 Å². The molecule has 0 saturated carbocycles.